The highest BCUT2D eigenvalue weighted by atomic mass is 16.3. The van der Waals surface area contributed by atoms with E-state index in [0.29, 0.717) is 24.6 Å². The van der Waals surface area contributed by atoms with Crippen LogP contribution in [-0.4, -0.2) is 47.1 Å². The number of hydrogen-bond donors (Lipinski definition) is 2. The van der Waals surface area contributed by atoms with Gasteiger partial charge in [-0.15, -0.1) is 0 Å². The van der Waals surface area contributed by atoms with Crippen molar-refractivity contribution in [1.29, 1.82) is 0 Å². The van der Waals surface area contributed by atoms with Gasteiger partial charge in [0.05, 0.1) is 17.4 Å². The van der Waals surface area contributed by atoms with Crippen LogP contribution in [0.4, 0.5) is 5.69 Å². The number of anilines is 1. The zero-order valence-electron chi connectivity index (χ0n) is 11.3. The average Bonchev–Trinajstić information content (AvgIpc) is 2.40. The third kappa shape index (κ3) is 3.04. The van der Waals surface area contributed by atoms with Gasteiger partial charge >= 0.3 is 0 Å². The smallest absolute Gasteiger partial charge is 0.256 e. The number of carbonyl (C=O) groups excluding carboxylic acids is 1. The Kier molecular flexibility index (Phi) is 4.74. The third-order valence-corrected chi connectivity index (χ3v) is 3.65. The molecule has 0 aliphatic heterocycles. The molecule has 1 amide bonds. The molecule has 1 aliphatic rings. The molecular weight excluding hydrogens is 242 g/mol. The quantitative estimate of drug-likeness (QED) is 0.816. The predicted molar refractivity (Wildman–Crippen MR) is 74.2 cm³/mol. The number of pyridine rings is 1. The number of hydrogen-bond acceptors (Lipinski definition) is 4. The van der Waals surface area contributed by atoms with Crippen molar-refractivity contribution in [3.05, 3.63) is 24.0 Å². The third-order valence-electron chi connectivity index (χ3n) is 3.65. The molecule has 2 N–H and O–H groups in total. The van der Waals surface area contributed by atoms with E-state index in [1.165, 1.54) is 6.42 Å². The maximum absolute atomic E-state index is 12.6. The van der Waals surface area contributed by atoms with Crippen molar-refractivity contribution in [1.82, 2.24) is 9.88 Å². The summed E-state index contributed by atoms with van der Waals surface area (Å²) < 4.78 is 0. The Morgan fingerprint density at radius 2 is 2.37 bits per heavy atom. The van der Waals surface area contributed by atoms with Gasteiger partial charge in [0.25, 0.3) is 5.91 Å². The first kappa shape index (κ1) is 13.8. The molecule has 1 heterocycles. The number of aromatic nitrogens is 1. The second-order valence-corrected chi connectivity index (χ2v) is 4.83. The standard InChI is InChI=1S/C14H21N3O2/c1-15-13-10-16-7-6-12(13)14(19)17(8-3-9-18)11-4-2-5-11/h6-7,10-11,15,18H,2-5,8-9H2,1H3. The fourth-order valence-corrected chi connectivity index (χ4v) is 2.32. The number of aliphatic hydroxyl groups excluding tert-OH is 1. The number of rotatable bonds is 6. The van der Waals surface area contributed by atoms with Crippen molar-refractivity contribution < 1.29 is 9.90 Å². The van der Waals surface area contributed by atoms with E-state index in [-0.39, 0.29) is 12.5 Å². The van der Waals surface area contributed by atoms with E-state index in [0.717, 1.165) is 18.5 Å². The number of carbonyl (C=O) groups is 1. The average molecular weight is 263 g/mol. The largest absolute Gasteiger partial charge is 0.396 e. The maximum Gasteiger partial charge on any atom is 0.256 e. The summed E-state index contributed by atoms with van der Waals surface area (Å²) in [6, 6.07) is 2.08. The van der Waals surface area contributed by atoms with E-state index >= 15 is 0 Å². The molecule has 1 aromatic heterocycles. The first-order valence-corrected chi connectivity index (χ1v) is 6.81. The topological polar surface area (TPSA) is 65.5 Å². The molecule has 0 radical (unpaired) electrons. The zero-order valence-corrected chi connectivity index (χ0v) is 11.3. The predicted octanol–water partition coefficient (Wildman–Crippen LogP) is 1.50. The fourth-order valence-electron chi connectivity index (χ4n) is 2.32. The highest BCUT2D eigenvalue weighted by Gasteiger charge is 2.29. The summed E-state index contributed by atoms with van der Waals surface area (Å²) in [4.78, 5) is 18.6. The van der Waals surface area contributed by atoms with Crippen LogP contribution in [0.3, 0.4) is 0 Å². The van der Waals surface area contributed by atoms with Crippen LogP contribution in [0, 0.1) is 0 Å². The Morgan fingerprint density at radius 1 is 1.58 bits per heavy atom. The normalized spacial score (nSPS) is 14.8. The second kappa shape index (κ2) is 6.52. The van der Waals surface area contributed by atoms with Crippen molar-refractivity contribution in [3.63, 3.8) is 0 Å². The molecule has 5 nitrogen and oxygen atoms in total. The van der Waals surface area contributed by atoms with E-state index in [4.69, 9.17) is 5.11 Å². The molecule has 0 atom stereocenters. The molecule has 1 saturated carbocycles. The van der Waals surface area contributed by atoms with E-state index in [1.54, 1.807) is 25.5 Å². The van der Waals surface area contributed by atoms with Crippen LogP contribution in [0.1, 0.15) is 36.0 Å². The zero-order chi connectivity index (χ0) is 13.7. The number of nitrogens with one attached hydrogen (secondary N) is 1. The van der Waals surface area contributed by atoms with Gasteiger partial charge < -0.3 is 15.3 Å². The lowest BCUT2D eigenvalue weighted by Gasteiger charge is -2.38. The lowest BCUT2D eigenvalue weighted by Crippen LogP contribution is -2.45. The van der Waals surface area contributed by atoms with Gasteiger partial charge in [0.1, 0.15) is 0 Å². The Balaban J connectivity index is 2.17. The van der Waals surface area contributed by atoms with Crippen LogP contribution in [-0.2, 0) is 0 Å². The summed E-state index contributed by atoms with van der Waals surface area (Å²) in [7, 11) is 1.79. The summed E-state index contributed by atoms with van der Waals surface area (Å²) >= 11 is 0. The Morgan fingerprint density at radius 3 is 2.95 bits per heavy atom. The molecule has 1 aromatic rings. The first-order chi connectivity index (χ1) is 9.27. The first-order valence-electron chi connectivity index (χ1n) is 6.81. The van der Waals surface area contributed by atoms with E-state index in [9.17, 15) is 4.79 Å². The highest BCUT2D eigenvalue weighted by molar-refractivity contribution is 5.99. The van der Waals surface area contributed by atoms with Crippen molar-refractivity contribution in [2.24, 2.45) is 0 Å². The molecule has 0 spiro atoms. The van der Waals surface area contributed by atoms with Crippen LogP contribution >= 0.6 is 0 Å². The highest BCUT2D eigenvalue weighted by Crippen LogP contribution is 2.27. The van der Waals surface area contributed by atoms with Gasteiger partial charge in [0.2, 0.25) is 0 Å². The van der Waals surface area contributed by atoms with Crippen molar-refractivity contribution in [3.8, 4) is 0 Å². The molecular formula is C14H21N3O2. The van der Waals surface area contributed by atoms with Crippen LogP contribution in [0.5, 0.6) is 0 Å². The van der Waals surface area contributed by atoms with Gasteiger partial charge in [-0.05, 0) is 31.7 Å². The van der Waals surface area contributed by atoms with Gasteiger partial charge in [-0.1, -0.05) is 0 Å². The van der Waals surface area contributed by atoms with Gasteiger partial charge in [-0.3, -0.25) is 9.78 Å². The van der Waals surface area contributed by atoms with E-state index in [2.05, 4.69) is 10.3 Å². The van der Waals surface area contributed by atoms with Crippen LogP contribution in [0.25, 0.3) is 0 Å². The Bertz CT molecular complexity index is 432. The van der Waals surface area contributed by atoms with Gasteiger partial charge in [-0.2, -0.15) is 0 Å². The summed E-state index contributed by atoms with van der Waals surface area (Å²) in [5.74, 6) is 0.0323. The van der Waals surface area contributed by atoms with Crippen molar-refractivity contribution in [2.75, 3.05) is 25.5 Å². The maximum atomic E-state index is 12.6. The lowest BCUT2D eigenvalue weighted by molar-refractivity contribution is 0.0563. The second-order valence-electron chi connectivity index (χ2n) is 4.83. The fraction of sp³-hybridized carbons (Fsp3) is 0.571. The van der Waals surface area contributed by atoms with Crippen molar-refractivity contribution in [2.45, 2.75) is 31.7 Å². The van der Waals surface area contributed by atoms with Crippen LogP contribution in [0.2, 0.25) is 0 Å². The van der Waals surface area contributed by atoms with Gasteiger partial charge in [0, 0.05) is 32.4 Å². The molecule has 0 unspecified atom stereocenters. The lowest BCUT2D eigenvalue weighted by atomic mass is 9.90. The Labute approximate surface area is 113 Å². The molecule has 104 valence electrons. The molecule has 19 heavy (non-hydrogen) atoms. The molecule has 5 heteroatoms. The summed E-state index contributed by atoms with van der Waals surface area (Å²) in [5, 5.41) is 12.0. The number of aliphatic hydroxyl groups is 1. The minimum absolute atomic E-state index is 0.0323. The van der Waals surface area contributed by atoms with Crippen LogP contribution in [0.15, 0.2) is 18.5 Å². The molecule has 0 aromatic carbocycles. The van der Waals surface area contributed by atoms with Crippen molar-refractivity contribution >= 4 is 11.6 Å². The molecule has 0 bridgehead atoms. The summed E-state index contributed by atoms with van der Waals surface area (Å²) in [5.41, 5.74) is 1.41. The van der Waals surface area contributed by atoms with E-state index < -0.39 is 0 Å². The summed E-state index contributed by atoms with van der Waals surface area (Å²) in [6.07, 6.45) is 7.25. The van der Waals surface area contributed by atoms with Crippen LogP contribution < -0.4 is 5.32 Å². The SMILES string of the molecule is CNc1cnccc1C(=O)N(CCCO)C1CCC1. The minimum Gasteiger partial charge on any atom is -0.396 e. The molecule has 2 rings (SSSR count). The minimum atomic E-state index is 0.0323. The molecule has 1 aliphatic carbocycles. The molecule has 0 saturated heterocycles. The van der Waals surface area contributed by atoms with Gasteiger partial charge in [0.15, 0.2) is 0 Å². The number of nitrogens with zero attached hydrogens (tertiary/aromatic N) is 2. The Hall–Kier alpha value is -1.62. The molecule has 1 fully saturated rings. The van der Waals surface area contributed by atoms with Gasteiger partial charge in [-0.25, -0.2) is 0 Å². The number of amides is 1. The monoisotopic (exact) mass is 263 g/mol. The van der Waals surface area contributed by atoms with E-state index in [1.807, 2.05) is 4.90 Å². The summed E-state index contributed by atoms with van der Waals surface area (Å²) in [6.45, 7) is 0.733.